The minimum atomic E-state index is -0.411. The molecular weight excluding hydrogens is 424 g/mol. The van der Waals surface area contributed by atoms with Gasteiger partial charge in [-0.15, -0.1) is 11.3 Å². The molecule has 2 amide bonds. The van der Waals surface area contributed by atoms with Gasteiger partial charge < -0.3 is 14.3 Å². The molecule has 0 saturated heterocycles. The Morgan fingerprint density at radius 3 is 2.72 bits per heavy atom. The number of carbonyl (C=O) groups is 1. The molecule has 4 heterocycles. The van der Waals surface area contributed by atoms with Gasteiger partial charge in [0.15, 0.2) is 0 Å². The van der Waals surface area contributed by atoms with Crippen LogP contribution in [0.25, 0.3) is 16.3 Å². The first-order valence-electron chi connectivity index (χ1n) is 10.3. The summed E-state index contributed by atoms with van der Waals surface area (Å²) >= 11 is 1.55. The summed E-state index contributed by atoms with van der Waals surface area (Å²) < 4.78 is 11.2. The zero-order valence-corrected chi connectivity index (χ0v) is 18.8. The standard InChI is InChI=1S/C24H22N4O3S/c1-14-8-9-17(12-15(14)2)21-20(23-26-22(27-31-23)19-7-5-11-32-19)16(3)28(24(29)25-21)13-18-6-4-10-30-18/h4-12,21H,13H2,1-3H3,(H,25,29). The predicted octanol–water partition coefficient (Wildman–Crippen LogP) is 5.71. The highest BCUT2D eigenvalue weighted by Gasteiger charge is 2.36. The molecule has 1 N–H and O–H groups in total. The van der Waals surface area contributed by atoms with Crippen molar-refractivity contribution in [3.63, 3.8) is 0 Å². The van der Waals surface area contributed by atoms with Gasteiger partial charge in [0.1, 0.15) is 5.76 Å². The Hall–Kier alpha value is -3.65. The molecule has 0 aliphatic carbocycles. The minimum absolute atomic E-state index is 0.205. The summed E-state index contributed by atoms with van der Waals surface area (Å²) in [5, 5.41) is 9.29. The number of hydrogen-bond donors (Lipinski definition) is 1. The third kappa shape index (κ3) is 3.62. The molecule has 0 bridgehead atoms. The Labute approximate surface area is 189 Å². The molecule has 0 radical (unpaired) electrons. The van der Waals surface area contributed by atoms with Crippen LogP contribution in [0.4, 0.5) is 4.79 Å². The van der Waals surface area contributed by atoms with Crippen molar-refractivity contribution in [3.05, 3.63) is 88.1 Å². The Morgan fingerprint density at radius 1 is 1.12 bits per heavy atom. The summed E-state index contributed by atoms with van der Waals surface area (Å²) in [7, 11) is 0. The number of nitrogens with one attached hydrogen (secondary N) is 1. The topological polar surface area (TPSA) is 84.4 Å². The molecule has 5 rings (SSSR count). The number of nitrogens with zero attached hydrogens (tertiary/aromatic N) is 3. The first-order valence-corrected chi connectivity index (χ1v) is 11.2. The van der Waals surface area contributed by atoms with Gasteiger partial charge in [0.05, 0.1) is 29.3 Å². The average Bonchev–Trinajstić information content (AvgIpc) is 3.54. The van der Waals surface area contributed by atoms with Crippen LogP contribution in [0.15, 0.2) is 68.7 Å². The third-order valence-electron chi connectivity index (χ3n) is 5.75. The fourth-order valence-electron chi connectivity index (χ4n) is 3.84. The van der Waals surface area contributed by atoms with Crippen LogP contribution in [-0.4, -0.2) is 21.1 Å². The largest absolute Gasteiger partial charge is 0.467 e. The Bertz CT molecular complexity index is 1290. The molecule has 3 aromatic heterocycles. The zero-order valence-electron chi connectivity index (χ0n) is 18.0. The number of furan rings is 1. The fourth-order valence-corrected chi connectivity index (χ4v) is 4.49. The van der Waals surface area contributed by atoms with Gasteiger partial charge in [-0.3, -0.25) is 4.90 Å². The summed E-state index contributed by atoms with van der Waals surface area (Å²) in [6, 6.07) is 13.1. The van der Waals surface area contributed by atoms with Crippen LogP contribution >= 0.6 is 11.3 Å². The Morgan fingerprint density at radius 2 is 2.00 bits per heavy atom. The molecule has 1 unspecified atom stereocenters. The van der Waals surface area contributed by atoms with Gasteiger partial charge in [0.2, 0.25) is 5.82 Å². The average molecular weight is 447 g/mol. The van der Waals surface area contributed by atoms with E-state index in [0.29, 0.717) is 24.0 Å². The number of benzene rings is 1. The molecule has 1 aliphatic rings. The second-order valence-corrected chi connectivity index (χ2v) is 8.74. The van der Waals surface area contributed by atoms with E-state index < -0.39 is 6.04 Å². The molecule has 1 aromatic carbocycles. The van der Waals surface area contributed by atoms with E-state index in [0.717, 1.165) is 27.3 Å². The molecule has 1 atom stereocenters. The van der Waals surface area contributed by atoms with E-state index in [1.54, 1.807) is 28.6 Å². The van der Waals surface area contributed by atoms with Crippen LogP contribution in [0.1, 0.15) is 41.3 Å². The van der Waals surface area contributed by atoms with E-state index in [4.69, 9.17) is 8.94 Å². The smallest absolute Gasteiger partial charge is 0.322 e. The Kier molecular flexibility index (Phi) is 5.14. The zero-order chi connectivity index (χ0) is 22.2. The second kappa shape index (κ2) is 8.12. The van der Waals surface area contributed by atoms with E-state index >= 15 is 0 Å². The predicted molar refractivity (Wildman–Crippen MR) is 122 cm³/mol. The lowest BCUT2D eigenvalue weighted by Crippen LogP contribution is -2.45. The van der Waals surface area contributed by atoms with Crippen LogP contribution in [0, 0.1) is 13.8 Å². The van der Waals surface area contributed by atoms with Crippen molar-refractivity contribution in [1.29, 1.82) is 0 Å². The summed E-state index contributed by atoms with van der Waals surface area (Å²) in [6.45, 7) is 6.33. The monoisotopic (exact) mass is 446 g/mol. The van der Waals surface area contributed by atoms with E-state index in [2.05, 4.69) is 41.4 Å². The van der Waals surface area contributed by atoms with Crippen LogP contribution < -0.4 is 5.32 Å². The normalized spacial score (nSPS) is 16.5. The van der Waals surface area contributed by atoms with Crippen molar-refractivity contribution in [2.24, 2.45) is 0 Å². The van der Waals surface area contributed by atoms with Crippen molar-refractivity contribution in [1.82, 2.24) is 20.4 Å². The van der Waals surface area contributed by atoms with Gasteiger partial charge in [-0.1, -0.05) is 29.4 Å². The van der Waals surface area contributed by atoms with Crippen molar-refractivity contribution in [3.8, 4) is 10.7 Å². The molecule has 1 aliphatic heterocycles. The van der Waals surface area contributed by atoms with Crippen molar-refractivity contribution in [2.45, 2.75) is 33.4 Å². The van der Waals surface area contributed by atoms with E-state index in [9.17, 15) is 4.79 Å². The number of aryl methyl sites for hydroxylation is 2. The number of urea groups is 1. The lowest BCUT2D eigenvalue weighted by atomic mass is 9.92. The maximum absolute atomic E-state index is 13.1. The minimum Gasteiger partial charge on any atom is -0.467 e. The second-order valence-electron chi connectivity index (χ2n) is 7.79. The molecule has 0 fully saturated rings. The SMILES string of the molecule is CC1=C(c2nc(-c3cccs3)no2)C(c2ccc(C)c(C)c2)NC(=O)N1Cc1ccco1. The number of aromatic nitrogens is 2. The van der Waals surface area contributed by atoms with Crippen molar-refractivity contribution >= 4 is 22.9 Å². The number of allylic oxidation sites excluding steroid dienone is 1. The molecule has 0 saturated carbocycles. The molecule has 7 nitrogen and oxygen atoms in total. The van der Waals surface area contributed by atoms with E-state index in [1.165, 1.54) is 5.56 Å². The van der Waals surface area contributed by atoms with Gasteiger partial charge in [0.25, 0.3) is 5.89 Å². The number of amides is 2. The lowest BCUT2D eigenvalue weighted by molar-refractivity contribution is 0.199. The molecule has 32 heavy (non-hydrogen) atoms. The van der Waals surface area contributed by atoms with Gasteiger partial charge in [-0.2, -0.15) is 4.98 Å². The van der Waals surface area contributed by atoms with Gasteiger partial charge in [-0.05, 0) is 61.0 Å². The number of hydrogen-bond acceptors (Lipinski definition) is 6. The summed E-state index contributed by atoms with van der Waals surface area (Å²) in [5.74, 6) is 1.61. The van der Waals surface area contributed by atoms with Gasteiger partial charge in [0, 0.05) is 5.70 Å². The number of thiophene rings is 1. The quantitative estimate of drug-likeness (QED) is 0.425. The van der Waals surface area contributed by atoms with Gasteiger partial charge >= 0.3 is 6.03 Å². The number of rotatable bonds is 5. The van der Waals surface area contributed by atoms with Crippen LogP contribution in [0.3, 0.4) is 0 Å². The van der Waals surface area contributed by atoms with Crippen molar-refractivity contribution < 1.29 is 13.7 Å². The van der Waals surface area contributed by atoms with Crippen LogP contribution in [0.5, 0.6) is 0 Å². The van der Waals surface area contributed by atoms with Crippen LogP contribution in [0.2, 0.25) is 0 Å². The Balaban J connectivity index is 1.62. The summed E-state index contributed by atoms with van der Waals surface area (Å²) in [5.41, 5.74) is 4.82. The first-order chi connectivity index (χ1) is 15.5. The summed E-state index contributed by atoms with van der Waals surface area (Å²) in [6.07, 6.45) is 1.60. The maximum atomic E-state index is 13.1. The highest BCUT2D eigenvalue weighted by molar-refractivity contribution is 7.13. The lowest BCUT2D eigenvalue weighted by Gasteiger charge is -2.34. The first kappa shape index (κ1) is 20.3. The molecule has 0 spiro atoms. The van der Waals surface area contributed by atoms with Crippen LogP contribution in [-0.2, 0) is 6.54 Å². The molecule has 8 heteroatoms. The van der Waals surface area contributed by atoms with E-state index in [-0.39, 0.29) is 6.03 Å². The fraction of sp³-hybridized carbons (Fsp3) is 0.208. The van der Waals surface area contributed by atoms with Gasteiger partial charge in [-0.25, -0.2) is 4.79 Å². The highest BCUT2D eigenvalue weighted by Crippen LogP contribution is 2.38. The number of carbonyl (C=O) groups excluding carboxylic acids is 1. The third-order valence-corrected chi connectivity index (χ3v) is 6.62. The molecule has 4 aromatic rings. The van der Waals surface area contributed by atoms with Crippen molar-refractivity contribution in [2.75, 3.05) is 0 Å². The summed E-state index contributed by atoms with van der Waals surface area (Å²) in [4.78, 5) is 20.3. The van der Waals surface area contributed by atoms with E-state index in [1.807, 2.05) is 36.6 Å². The highest BCUT2D eigenvalue weighted by atomic mass is 32.1. The molecule has 162 valence electrons. The maximum Gasteiger partial charge on any atom is 0.322 e. The molecular formula is C24H22N4O3S.